The molecule has 1 aromatic carbocycles. The van der Waals surface area contributed by atoms with Crippen LogP contribution in [0.2, 0.25) is 0 Å². The van der Waals surface area contributed by atoms with E-state index in [1.807, 2.05) is 20.9 Å². The predicted octanol–water partition coefficient (Wildman–Crippen LogP) is 0.0379. The average Bonchev–Trinajstić information content (AvgIpc) is 2.36. The maximum absolute atomic E-state index is 11.8. The third kappa shape index (κ3) is 4.08. The number of carbonyl (C=O) groups excluding carboxylic acids is 1. The highest BCUT2D eigenvalue weighted by atomic mass is 16.4. The topological polar surface area (TPSA) is 84.0 Å². The van der Waals surface area contributed by atoms with Gasteiger partial charge in [-0.2, -0.15) is 0 Å². The minimum Gasteiger partial charge on any atom is -0.508 e. The Balaban J connectivity index is 2.20. The zero-order valence-electron chi connectivity index (χ0n) is 13.0. The Hall–Kier alpha value is -2.34. The maximum Gasteiger partial charge on any atom is 0.336 e. The van der Waals surface area contributed by atoms with Crippen LogP contribution in [0.25, 0.3) is 11.0 Å². The molecule has 1 atom stereocenters. The van der Waals surface area contributed by atoms with Gasteiger partial charge in [-0.15, -0.1) is 0 Å². The first kappa shape index (κ1) is 16.0. The largest absolute Gasteiger partial charge is 0.508 e. The van der Waals surface area contributed by atoms with Crippen molar-refractivity contribution in [1.82, 2.24) is 5.32 Å². The van der Waals surface area contributed by atoms with Gasteiger partial charge in [-0.1, -0.05) is 0 Å². The van der Waals surface area contributed by atoms with Crippen molar-refractivity contribution in [3.8, 4) is 5.75 Å². The molecule has 3 N–H and O–H groups in total. The third-order valence-corrected chi connectivity index (χ3v) is 3.22. The van der Waals surface area contributed by atoms with Gasteiger partial charge in [-0.3, -0.25) is 4.79 Å². The van der Waals surface area contributed by atoms with Crippen LogP contribution in [-0.2, 0) is 11.3 Å². The van der Waals surface area contributed by atoms with E-state index < -0.39 is 5.63 Å². The maximum atomic E-state index is 11.8. The van der Waals surface area contributed by atoms with Crippen LogP contribution in [0.5, 0.6) is 5.75 Å². The van der Waals surface area contributed by atoms with Crippen molar-refractivity contribution in [3.05, 3.63) is 40.2 Å². The van der Waals surface area contributed by atoms with Crippen LogP contribution in [0, 0.1) is 0 Å². The minimum absolute atomic E-state index is 0.0302. The van der Waals surface area contributed by atoms with Crippen LogP contribution in [0.1, 0.15) is 19.4 Å². The van der Waals surface area contributed by atoms with Crippen LogP contribution in [0.3, 0.4) is 0 Å². The number of amides is 1. The Morgan fingerprint density at radius 2 is 2.09 bits per heavy atom. The summed E-state index contributed by atoms with van der Waals surface area (Å²) in [5.41, 5.74) is 0.676. The summed E-state index contributed by atoms with van der Waals surface area (Å²) in [5.74, 6) is 0.0160. The second kappa shape index (κ2) is 6.62. The third-order valence-electron chi connectivity index (χ3n) is 3.22. The zero-order chi connectivity index (χ0) is 16.3. The normalized spacial score (nSPS) is 12.5. The highest BCUT2D eigenvalue weighted by molar-refractivity contribution is 5.81. The van der Waals surface area contributed by atoms with Crippen molar-refractivity contribution in [3.63, 3.8) is 0 Å². The molecule has 0 saturated heterocycles. The fourth-order valence-electron chi connectivity index (χ4n) is 2.40. The molecule has 0 spiro atoms. The van der Waals surface area contributed by atoms with E-state index in [1.165, 1.54) is 12.1 Å². The molecule has 0 radical (unpaired) electrons. The van der Waals surface area contributed by atoms with E-state index >= 15 is 0 Å². The first-order chi connectivity index (χ1) is 10.3. The summed E-state index contributed by atoms with van der Waals surface area (Å²) in [6.45, 7) is 4.65. The minimum atomic E-state index is -0.465. The van der Waals surface area contributed by atoms with Gasteiger partial charge in [0.15, 0.2) is 6.54 Å². The van der Waals surface area contributed by atoms with Crippen LogP contribution in [0.15, 0.2) is 33.5 Å². The van der Waals surface area contributed by atoms with E-state index in [1.54, 1.807) is 12.1 Å². The lowest BCUT2D eigenvalue weighted by Crippen LogP contribution is -3.09. The Morgan fingerprint density at radius 3 is 2.77 bits per heavy atom. The molecule has 2 aromatic rings. The standard InChI is InChI=1S/C16H20N2O4/c1-10(2)17-15(20)9-18(3)8-11-6-16(21)22-14-7-12(19)4-5-13(11)14/h4-7,10,19H,8-9H2,1-3H3,(H,17,20)/p+1. The molecule has 0 aliphatic heterocycles. The number of likely N-dealkylation sites (N-methyl/N-ethyl adjacent to an activating group) is 1. The van der Waals surface area contributed by atoms with Crippen molar-refractivity contribution < 1.29 is 19.2 Å². The molecule has 6 heteroatoms. The van der Waals surface area contributed by atoms with Crippen LogP contribution in [-0.4, -0.2) is 30.6 Å². The lowest BCUT2D eigenvalue weighted by molar-refractivity contribution is -0.885. The molecule has 22 heavy (non-hydrogen) atoms. The monoisotopic (exact) mass is 305 g/mol. The summed E-state index contributed by atoms with van der Waals surface area (Å²) in [4.78, 5) is 24.4. The molecule has 0 aliphatic carbocycles. The van der Waals surface area contributed by atoms with Gasteiger partial charge in [-0.05, 0) is 26.0 Å². The molecule has 118 valence electrons. The van der Waals surface area contributed by atoms with Gasteiger partial charge < -0.3 is 19.7 Å². The number of nitrogens with one attached hydrogen (secondary N) is 2. The van der Waals surface area contributed by atoms with Crippen LogP contribution >= 0.6 is 0 Å². The van der Waals surface area contributed by atoms with Gasteiger partial charge in [0, 0.05) is 29.1 Å². The van der Waals surface area contributed by atoms with E-state index in [-0.39, 0.29) is 17.7 Å². The molecule has 0 fully saturated rings. The summed E-state index contributed by atoms with van der Waals surface area (Å²) in [5, 5.41) is 13.1. The Labute approximate surface area is 128 Å². The van der Waals surface area contributed by atoms with Gasteiger partial charge in [-0.25, -0.2) is 4.79 Å². The van der Waals surface area contributed by atoms with E-state index in [2.05, 4.69) is 5.32 Å². The summed E-state index contributed by atoms with van der Waals surface area (Å²) >= 11 is 0. The number of quaternary nitrogens is 1. The van der Waals surface area contributed by atoms with Crippen molar-refractivity contribution in [2.75, 3.05) is 13.6 Å². The van der Waals surface area contributed by atoms with E-state index in [4.69, 9.17) is 4.42 Å². The summed E-state index contributed by atoms with van der Waals surface area (Å²) in [6.07, 6.45) is 0. The summed E-state index contributed by atoms with van der Waals surface area (Å²) in [7, 11) is 1.89. The Morgan fingerprint density at radius 1 is 1.36 bits per heavy atom. The number of fused-ring (bicyclic) bond motifs is 1. The molecule has 2 rings (SSSR count). The fraction of sp³-hybridized carbons (Fsp3) is 0.375. The first-order valence-corrected chi connectivity index (χ1v) is 7.21. The highest BCUT2D eigenvalue weighted by Crippen LogP contribution is 2.21. The number of hydrogen-bond acceptors (Lipinski definition) is 4. The smallest absolute Gasteiger partial charge is 0.336 e. The van der Waals surface area contributed by atoms with Gasteiger partial charge in [0.25, 0.3) is 5.91 Å². The van der Waals surface area contributed by atoms with Crippen molar-refractivity contribution in [2.24, 2.45) is 0 Å². The number of rotatable bonds is 5. The Bertz CT molecular complexity index is 736. The van der Waals surface area contributed by atoms with Crippen molar-refractivity contribution >= 4 is 16.9 Å². The second-order valence-electron chi connectivity index (χ2n) is 5.80. The van der Waals surface area contributed by atoms with Gasteiger partial charge >= 0.3 is 5.63 Å². The van der Waals surface area contributed by atoms with Crippen LogP contribution < -0.4 is 15.8 Å². The number of aromatic hydroxyl groups is 1. The average molecular weight is 305 g/mol. The molecule has 1 amide bonds. The predicted molar refractivity (Wildman–Crippen MR) is 82.9 cm³/mol. The van der Waals surface area contributed by atoms with Gasteiger partial charge in [0.2, 0.25) is 0 Å². The fourth-order valence-corrected chi connectivity index (χ4v) is 2.40. The van der Waals surface area contributed by atoms with Crippen molar-refractivity contribution in [2.45, 2.75) is 26.4 Å². The van der Waals surface area contributed by atoms with Crippen molar-refractivity contribution in [1.29, 1.82) is 0 Å². The number of carbonyl (C=O) groups is 1. The lowest BCUT2D eigenvalue weighted by Gasteiger charge is -2.15. The lowest BCUT2D eigenvalue weighted by atomic mass is 10.1. The number of phenolic OH excluding ortho intramolecular Hbond substituents is 1. The zero-order valence-corrected chi connectivity index (χ0v) is 13.0. The van der Waals surface area contributed by atoms with E-state index in [9.17, 15) is 14.7 Å². The molecule has 0 bridgehead atoms. The summed E-state index contributed by atoms with van der Waals surface area (Å²) in [6, 6.07) is 6.22. The van der Waals surface area contributed by atoms with Gasteiger partial charge in [0.05, 0.1) is 7.05 Å². The summed E-state index contributed by atoms with van der Waals surface area (Å²) < 4.78 is 5.09. The molecule has 1 aromatic heterocycles. The molecular weight excluding hydrogens is 284 g/mol. The molecule has 6 nitrogen and oxygen atoms in total. The second-order valence-corrected chi connectivity index (χ2v) is 5.80. The molecule has 0 saturated carbocycles. The highest BCUT2D eigenvalue weighted by Gasteiger charge is 2.14. The SMILES string of the molecule is CC(C)NC(=O)C[NH+](C)Cc1cc(=O)oc2cc(O)ccc12. The van der Waals surface area contributed by atoms with E-state index in [0.717, 1.165) is 15.8 Å². The molecule has 1 heterocycles. The molecule has 0 aliphatic rings. The number of benzene rings is 1. The van der Waals surface area contributed by atoms with Gasteiger partial charge in [0.1, 0.15) is 17.9 Å². The quantitative estimate of drug-likeness (QED) is 0.681. The van der Waals surface area contributed by atoms with E-state index in [0.29, 0.717) is 18.7 Å². The molecular formula is C16H21N2O4+. The Kier molecular flexibility index (Phi) is 4.82. The number of phenols is 1. The molecule has 1 unspecified atom stereocenters. The van der Waals surface area contributed by atoms with Crippen LogP contribution in [0.4, 0.5) is 0 Å². The number of hydrogen-bond donors (Lipinski definition) is 3. The first-order valence-electron chi connectivity index (χ1n) is 7.21.